The van der Waals surface area contributed by atoms with Gasteiger partial charge in [0.2, 0.25) is 0 Å². The van der Waals surface area contributed by atoms with Gasteiger partial charge in [-0.25, -0.2) is 0 Å². The molecule has 0 aromatic heterocycles. The normalized spacial score (nSPS) is 28.1. The first-order valence-electron chi connectivity index (χ1n) is 9.07. The molecule has 3 saturated heterocycles. The van der Waals surface area contributed by atoms with E-state index >= 15 is 0 Å². The molecule has 141 valence electrons. The van der Waals surface area contributed by atoms with Crippen molar-refractivity contribution in [2.45, 2.75) is 44.3 Å². The lowest BCUT2D eigenvalue weighted by molar-refractivity contribution is -0.168. The van der Waals surface area contributed by atoms with Gasteiger partial charge in [-0.15, -0.1) is 0 Å². The van der Waals surface area contributed by atoms with E-state index in [2.05, 4.69) is 4.90 Å². The molecule has 0 amide bonds. The fraction of sp³-hybridized carbons (Fsp3) is 0.632. The molecule has 2 bridgehead atoms. The van der Waals surface area contributed by atoms with Crippen molar-refractivity contribution in [3.63, 3.8) is 0 Å². The molecule has 3 radical (unpaired) electrons. The third-order valence-electron chi connectivity index (χ3n) is 5.36. The molecule has 2 atom stereocenters. The van der Waals surface area contributed by atoms with E-state index in [-0.39, 0.29) is 20.8 Å². The topological polar surface area (TPSA) is 79.2 Å². The van der Waals surface area contributed by atoms with Crippen molar-refractivity contribution in [2.75, 3.05) is 26.2 Å². The molecule has 3 aliphatic rings. The number of carboxylic acids is 1. The van der Waals surface area contributed by atoms with Crippen LogP contribution in [0.3, 0.4) is 0 Å². The Morgan fingerprint density at radius 3 is 2.38 bits per heavy atom. The fourth-order valence-electron chi connectivity index (χ4n) is 4.05. The van der Waals surface area contributed by atoms with Gasteiger partial charge in [-0.2, -0.15) is 0 Å². The SMILES string of the molecule is CCOc1ccc(OC(CCC(=O)O)C2(O)CN3CCC2CC3)cc1.[B]. The lowest BCUT2D eigenvalue weighted by Crippen LogP contribution is -2.65. The summed E-state index contributed by atoms with van der Waals surface area (Å²) in [7, 11) is 0. The summed E-state index contributed by atoms with van der Waals surface area (Å²) in [6.07, 6.45) is 1.62. The maximum absolute atomic E-state index is 11.3. The summed E-state index contributed by atoms with van der Waals surface area (Å²) in [6, 6.07) is 7.27. The van der Waals surface area contributed by atoms with Crippen molar-refractivity contribution in [3.05, 3.63) is 24.3 Å². The van der Waals surface area contributed by atoms with Crippen LogP contribution >= 0.6 is 0 Å². The van der Waals surface area contributed by atoms with Crippen LogP contribution in [0.5, 0.6) is 11.5 Å². The highest BCUT2D eigenvalue weighted by Gasteiger charge is 2.51. The molecule has 3 aliphatic heterocycles. The molecule has 1 aromatic carbocycles. The quantitative estimate of drug-likeness (QED) is 0.688. The number of aliphatic carboxylic acids is 1. The van der Waals surface area contributed by atoms with Crippen LogP contribution in [0.4, 0.5) is 0 Å². The third-order valence-corrected chi connectivity index (χ3v) is 5.36. The first kappa shape index (κ1) is 20.6. The second-order valence-corrected chi connectivity index (χ2v) is 6.98. The van der Waals surface area contributed by atoms with Crippen LogP contribution in [-0.2, 0) is 4.79 Å². The first-order chi connectivity index (χ1) is 12.0. The molecular formula is C19H27BNO5. The number of benzene rings is 1. The van der Waals surface area contributed by atoms with Crippen LogP contribution in [-0.4, -0.2) is 67.4 Å². The standard InChI is InChI=1S/C19H27NO5.B/c1-2-24-15-3-5-16(6-4-15)25-17(7-8-18(21)22)19(23)13-20-11-9-14(19)10-12-20;/h3-6,14,17,23H,2,7-13H2,1H3,(H,21,22);. The van der Waals surface area contributed by atoms with Crippen molar-refractivity contribution in [2.24, 2.45) is 5.92 Å². The van der Waals surface area contributed by atoms with Crippen molar-refractivity contribution in [1.82, 2.24) is 4.90 Å². The number of rotatable bonds is 8. The zero-order valence-corrected chi connectivity index (χ0v) is 15.3. The number of aliphatic hydroxyl groups is 1. The van der Waals surface area contributed by atoms with E-state index in [4.69, 9.17) is 14.6 Å². The van der Waals surface area contributed by atoms with Gasteiger partial charge in [0.15, 0.2) is 0 Å². The third kappa shape index (κ3) is 4.51. The Kier molecular flexibility index (Phi) is 6.95. The number of fused-ring (bicyclic) bond motifs is 3. The largest absolute Gasteiger partial charge is 0.494 e. The summed E-state index contributed by atoms with van der Waals surface area (Å²) < 4.78 is 11.5. The second kappa shape index (κ2) is 8.78. The minimum atomic E-state index is -0.995. The maximum atomic E-state index is 11.3. The summed E-state index contributed by atoms with van der Waals surface area (Å²) in [5.41, 5.74) is -0.995. The number of nitrogens with zero attached hydrogens (tertiary/aromatic N) is 1. The first-order valence-corrected chi connectivity index (χ1v) is 9.07. The number of hydrogen-bond donors (Lipinski definition) is 2. The Labute approximate surface area is 156 Å². The number of ether oxygens (including phenoxy) is 2. The molecule has 7 heteroatoms. The molecule has 1 aromatic rings. The maximum Gasteiger partial charge on any atom is 0.303 e. The Bertz CT molecular complexity index is 588. The smallest absolute Gasteiger partial charge is 0.303 e. The molecule has 2 N–H and O–H groups in total. The Morgan fingerprint density at radius 2 is 1.88 bits per heavy atom. The minimum Gasteiger partial charge on any atom is -0.494 e. The number of piperidine rings is 3. The van der Waals surface area contributed by atoms with Crippen LogP contribution in [0.1, 0.15) is 32.6 Å². The summed E-state index contributed by atoms with van der Waals surface area (Å²) in [6.45, 7) is 5.08. The van der Waals surface area contributed by atoms with E-state index < -0.39 is 17.7 Å². The molecule has 0 spiro atoms. The highest BCUT2D eigenvalue weighted by Crippen LogP contribution is 2.40. The minimum absolute atomic E-state index is 0. The molecule has 26 heavy (non-hydrogen) atoms. The van der Waals surface area contributed by atoms with Gasteiger partial charge in [-0.05, 0) is 69.5 Å². The predicted octanol–water partition coefficient (Wildman–Crippen LogP) is 1.77. The molecule has 2 unspecified atom stereocenters. The van der Waals surface area contributed by atoms with Gasteiger partial charge in [-0.1, -0.05) is 0 Å². The predicted molar refractivity (Wildman–Crippen MR) is 98.8 cm³/mol. The molecule has 4 rings (SSSR count). The number of hydrogen-bond acceptors (Lipinski definition) is 5. The van der Waals surface area contributed by atoms with E-state index in [0.29, 0.717) is 25.3 Å². The molecule has 3 fully saturated rings. The highest BCUT2D eigenvalue weighted by atomic mass is 16.5. The van der Waals surface area contributed by atoms with Crippen LogP contribution in [0.15, 0.2) is 24.3 Å². The van der Waals surface area contributed by atoms with Crippen molar-refractivity contribution in [3.8, 4) is 11.5 Å². The fourth-order valence-corrected chi connectivity index (χ4v) is 4.05. The Morgan fingerprint density at radius 1 is 1.27 bits per heavy atom. The van der Waals surface area contributed by atoms with E-state index in [1.807, 2.05) is 31.2 Å². The summed E-state index contributed by atoms with van der Waals surface area (Å²) in [4.78, 5) is 13.3. The van der Waals surface area contributed by atoms with Gasteiger partial charge in [0.1, 0.15) is 23.2 Å². The molecule has 3 heterocycles. The Hall–Kier alpha value is -1.73. The van der Waals surface area contributed by atoms with Crippen LogP contribution in [0.2, 0.25) is 0 Å². The van der Waals surface area contributed by atoms with Gasteiger partial charge in [0, 0.05) is 21.4 Å². The zero-order chi connectivity index (χ0) is 17.9. The zero-order valence-electron chi connectivity index (χ0n) is 15.3. The monoisotopic (exact) mass is 360 g/mol. The van der Waals surface area contributed by atoms with Crippen molar-refractivity contribution in [1.29, 1.82) is 0 Å². The van der Waals surface area contributed by atoms with Crippen LogP contribution < -0.4 is 9.47 Å². The second-order valence-electron chi connectivity index (χ2n) is 6.98. The van der Waals surface area contributed by atoms with E-state index in [9.17, 15) is 9.90 Å². The van der Waals surface area contributed by atoms with E-state index in [1.54, 1.807) is 0 Å². The van der Waals surface area contributed by atoms with E-state index in [1.165, 1.54) is 0 Å². The van der Waals surface area contributed by atoms with Gasteiger partial charge >= 0.3 is 5.97 Å². The van der Waals surface area contributed by atoms with Gasteiger partial charge in [0.05, 0.1) is 6.61 Å². The summed E-state index contributed by atoms with van der Waals surface area (Å²) >= 11 is 0. The molecule has 0 aliphatic carbocycles. The summed E-state index contributed by atoms with van der Waals surface area (Å²) in [5.74, 6) is 0.686. The van der Waals surface area contributed by atoms with Crippen molar-refractivity contribution < 1.29 is 24.5 Å². The summed E-state index contributed by atoms with van der Waals surface area (Å²) in [5, 5.41) is 20.4. The van der Waals surface area contributed by atoms with E-state index in [0.717, 1.165) is 31.7 Å². The average molecular weight is 360 g/mol. The molecular weight excluding hydrogens is 333 g/mol. The number of carboxylic acid groups (broad SMARTS) is 1. The number of carbonyl (C=O) groups is 1. The van der Waals surface area contributed by atoms with Crippen molar-refractivity contribution >= 4 is 14.4 Å². The Balaban J connectivity index is 0.00000243. The lowest BCUT2D eigenvalue weighted by atomic mass is 9.71. The molecule has 6 nitrogen and oxygen atoms in total. The van der Waals surface area contributed by atoms with Crippen LogP contribution in [0.25, 0.3) is 0 Å². The van der Waals surface area contributed by atoms with Crippen LogP contribution in [0, 0.1) is 5.92 Å². The lowest BCUT2D eigenvalue weighted by Gasteiger charge is -2.53. The van der Waals surface area contributed by atoms with Gasteiger partial charge in [-0.3, -0.25) is 4.79 Å². The highest BCUT2D eigenvalue weighted by molar-refractivity contribution is 5.75. The average Bonchev–Trinajstić information content (AvgIpc) is 2.61. The molecule has 0 saturated carbocycles. The van der Waals surface area contributed by atoms with Gasteiger partial charge in [0.25, 0.3) is 0 Å². The van der Waals surface area contributed by atoms with Gasteiger partial charge < -0.3 is 24.6 Å².